The van der Waals surface area contributed by atoms with Gasteiger partial charge >= 0.3 is 0 Å². The fraction of sp³-hybridized carbons (Fsp3) is 0.455. The Morgan fingerprint density at radius 3 is 2.19 bits per heavy atom. The van der Waals surface area contributed by atoms with Crippen LogP contribution in [0.3, 0.4) is 0 Å². The van der Waals surface area contributed by atoms with E-state index in [1.807, 2.05) is 36.4 Å². The van der Waals surface area contributed by atoms with E-state index in [4.69, 9.17) is 0 Å². The van der Waals surface area contributed by atoms with E-state index in [2.05, 4.69) is 16.5 Å². The van der Waals surface area contributed by atoms with Crippen molar-refractivity contribution in [1.82, 2.24) is 0 Å². The molecule has 0 spiro atoms. The maximum absolute atomic E-state index is 12.6. The fourth-order valence-corrected chi connectivity index (χ4v) is 4.58. The van der Waals surface area contributed by atoms with Crippen LogP contribution in [0.15, 0.2) is 53.4 Å². The zero-order valence-corrected chi connectivity index (χ0v) is 17.0. The van der Waals surface area contributed by atoms with Gasteiger partial charge in [0.15, 0.2) is 0 Å². The number of unbranched alkanes of at least 4 members (excludes halogenated alkanes) is 3. The fourth-order valence-electron chi connectivity index (χ4n) is 3.52. The van der Waals surface area contributed by atoms with Crippen LogP contribution in [0.2, 0.25) is 0 Å². The van der Waals surface area contributed by atoms with Gasteiger partial charge in [0.05, 0.1) is 4.90 Å². The lowest BCUT2D eigenvalue weighted by Crippen LogP contribution is -2.17. The Labute approximate surface area is 163 Å². The average Bonchev–Trinajstić information content (AvgIpc) is 3.21. The van der Waals surface area contributed by atoms with Crippen molar-refractivity contribution in [1.29, 1.82) is 0 Å². The van der Waals surface area contributed by atoms with Crippen molar-refractivity contribution < 1.29 is 8.42 Å². The Balaban J connectivity index is 1.60. The number of benzene rings is 2. The molecule has 4 nitrogen and oxygen atoms in total. The van der Waals surface area contributed by atoms with Crippen LogP contribution in [-0.4, -0.2) is 21.5 Å². The number of hydrogen-bond acceptors (Lipinski definition) is 3. The van der Waals surface area contributed by atoms with Crippen LogP contribution in [0.1, 0.15) is 51.0 Å². The second kappa shape index (κ2) is 9.27. The minimum absolute atomic E-state index is 0.309. The summed E-state index contributed by atoms with van der Waals surface area (Å²) in [7, 11) is -3.55. The van der Waals surface area contributed by atoms with E-state index in [9.17, 15) is 8.42 Å². The van der Waals surface area contributed by atoms with Crippen molar-refractivity contribution in [2.45, 2.75) is 56.8 Å². The molecule has 1 N–H and O–H groups in total. The Kier molecular flexibility index (Phi) is 6.78. The molecule has 2 aromatic rings. The van der Waals surface area contributed by atoms with Crippen LogP contribution in [0.4, 0.5) is 11.4 Å². The molecule has 1 aliphatic rings. The predicted octanol–water partition coefficient (Wildman–Crippen LogP) is 5.21. The third-order valence-corrected chi connectivity index (χ3v) is 6.54. The summed E-state index contributed by atoms with van der Waals surface area (Å²) in [6.45, 7) is 4.36. The van der Waals surface area contributed by atoms with Gasteiger partial charge in [0.2, 0.25) is 0 Å². The van der Waals surface area contributed by atoms with Crippen LogP contribution >= 0.6 is 0 Å². The highest BCUT2D eigenvalue weighted by Crippen LogP contribution is 2.23. The van der Waals surface area contributed by atoms with Crippen molar-refractivity contribution in [3.05, 3.63) is 54.1 Å². The number of sulfonamides is 1. The lowest BCUT2D eigenvalue weighted by Gasteiger charge is -2.18. The standard InChI is InChI=1S/C22H30N2O2S/c1-2-3-4-5-8-19-9-15-22(16-10-19)27(25,26)23-20-11-13-21(14-12-20)24-17-6-7-18-24/h9-16,23H,2-8,17-18H2,1H3. The first-order valence-electron chi connectivity index (χ1n) is 10.1. The quantitative estimate of drug-likeness (QED) is 0.602. The molecule has 27 heavy (non-hydrogen) atoms. The highest BCUT2D eigenvalue weighted by atomic mass is 32.2. The molecule has 1 saturated heterocycles. The lowest BCUT2D eigenvalue weighted by molar-refractivity contribution is 0.601. The van der Waals surface area contributed by atoms with Gasteiger partial charge in [-0.2, -0.15) is 0 Å². The first-order chi connectivity index (χ1) is 13.1. The number of rotatable bonds is 9. The minimum atomic E-state index is -3.55. The van der Waals surface area contributed by atoms with E-state index < -0.39 is 10.0 Å². The normalized spacial score (nSPS) is 14.5. The first kappa shape index (κ1) is 19.7. The summed E-state index contributed by atoms with van der Waals surface area (Å²) >= 11 is 0. The Bertz CT molecular complexity index is 808. The number of nitrogens with one attached hydrogen (secondary N) is 1. The monoisotopic (exact) mass is 386 g/mol. The first-order valence-corrected chi connectivity index (χ1v) is 11.5. The third kappa shape index (κ3) is 5.48. The van der Waals surface area contributed by atoms with E-state index in [-0.39, 0.29) is 0 Å². The Morgan fingerprint density at radius 2 is 1.56 bits per heavy atom. The minimum Gasteiger partial charge on any atom is -0.372 e. The molecule has 3 rings (SSSR count). The molecule has 2 aromatic carbocycles. The van der Waals surface area contributed by atoms with Crippen molar-refractivity contribution in [3.63, 3.8) is 0 Å². The van der Waals surface area contributed by atoms with Crippen LogP contribution < -0.4 is 9.62 Å². The Hall–Kier alpha value is -2.01. The van der Waals surface area contributed by atoms with Crippen molar-refractivity contribution in [2.24, 2.45) is 0 Å². The van der Waals surface area contributed by atoms with Gasteiger partial charge in [-0.3, -0.25) is 4.72 Å². The molecular weight excluding hydrogens is 356 g/mol. The zero-order valence-electron chi connectivity index (χ0n) is 16.2. The molecule has 0 radical (unpaired) electrons. The number of hydrogen-bond donors (Lipinski definition) is 1. The molecule has 0 unspecified atom stereocenters. The van der Waals surface area contributed by atoms with E-state index in [0.717, 1.165) is 31.6 Å². The Morgan fingerprint density at radius 1 is 0.889 bits per heavy atom. The van der Waals surface area contributed by atoms with E-state index in [1.54, 1.807) is 12.1 Å². The average molecular weight is 387 g/mol. The zero-order chi connectivity index (χ0) is 19.1. The van der Waals surface area contributed by atoms with Crippen molar-refractivity contribution in [2.75, 3.05) is 22.7 Å². The van der Waals surface area contributed by atoms with Gasteiger partial charge in [0.25, 0.3) is 10.0 Å². The molecule has 0 aromatic heterocycles. The topological polar surface area (TPSA) is 49.4 Å². The number of aryl methyl sites for hydroxylation is 1. The predicted molar refractivity (Wildman–Crippen MR) is 113 cm³/mol. The van der Waals surface area contributed by atoms with Gasteiger partial charge in [-0.05, 0) is 67.6 Å². The number of anilines is 2. The van der Waals surface area contributed by atoms with Gasteiger partial charge < -0.3 is 4.90 Å². The molecule has 1 heterocycles. The maximum Gasteiger partial charge on any atom is 0.261 e. The van der Waals surface area contributed by atoms with Crippen LogP contribution in [0.25, 0.3) is 0 Å². The molecule has 5 heteroatoms. The molecule has 146 valence electrons. The summed E-state index contributed by atoms with van der Waals surface area (Å²) in [4.78, 5) is 2.64. The van der Waals surface area contributed by atoms with Gasteiger partial charge in [-0.1, -0.05) is 38.3 Å². The van der Waals surface area contributed by atoms with E-state index in [1.165, 1.54) is 37.7 Å². The molecule has 0 bridgehead atoms. The van der Waals surface area contributed by atoms with Crippen molar-refractivity contribution >= 4 is 21.4 Å². The van der Waals surface area contributed by atoms with E-state index >= 15 is 0 Å². The summed E-state index contributed by atoms with van der Waals surface area (Å²) in [6.07, 6.45) is 8.32. The second-order valence-corrected chi connectivity index (χ2v) is 8.98. The SMILES string of the molecule is CCCCCCc1ccc(S(=O)(=O)Nc2ccc(N3CCCC3)cc2)cc1. The van der Waals surface area contributed by atoms with Gasteiger partial charge in [-0.25, -0.2) is 8.42 Å². The maximum atomic E-state index is 12.6. The molecule has 0 atom stereocenters. The number of nitrogens with zero attached hydrogens (tertiary/aromatic N) is 1. The molecule has 0 aliphatic carbocycles. The summed E-state index contributed by atoms with van der Waals surface area (Å²) in [5.74, 6) is 0. The lowest BCUT2D eigenvalue weighted by atomic mass is 10.1. The summed E-state index contributed by atoms with van der Waals surface area (Å²) in [5.41, 5.74) is 2.95. The molecule has 1 fully saturated rings. The smallest absolute Gasteiger partial charge is 0.261 e. The summed E-state index contributed by atoms with van der Waals surface area (Å²) in [5, 5.41) is 0. The second-order valence-electron chi connectivity index (χ2n) is 7.30. The highest BCUT2D eigenvalue weighted by Gasteiger charge is 2.15. The van der Waals surface area contributed by atoms with Crippen LogP contribution in [0, 0.1) is 0 Å². The van der Waals surface area contributed by atoms with Gasteiger partial charge in [0.1, 0.15) is 0 Å². The summed E-state index contributed by atoms with van der Waals surface area (Å²) in [6, 6.07) is 14.9. The summed E-state index contributed by atoms with van der Waals surface area (Å²) < 4.78 is 27.9. The van der Waals surface area contributed by atoms with Gasteiger partial charge in [-0.15, -0.1) is 0 Å². The van der Waals surface area contributed by atoms with E-state index in [0.29, 0.717) is 10.6 Å². The molecule has 1 aliphatic heterocycles. The largest absolute Gasteiger partial charge is 0.372 e. The van der Waals surface area contributed by atoms with Crippen molar-refractivity contribution in [3.8, 4) is 0 Å². The highest BCUT2D eigenvalue weighted by molar-refractivity contribution is 7.92. The van der Waals surface area contributed by atoms with Crippen LogP contribution in [-0.2, 0) is 16.4 Å². The molecule has 0 saturated carbocycles. The van der Waals surface area contributed by atoms with Gasteiger partial charge in [0, 0.05) is 24.5 Å². The van der Waals surface area contributed by atoms with Crippen LogP contribution in [0.5, 0.6) is 0 Å². The molecule has 0 amide bonds. The third-order valence-electron chi connectivity index (χ3n) is 5.14. The molecular formula is C22H30N2O2S.